The summed E-state index contributed by atoms with van der Waals surface area (Å²) in [4.78, 5) is 30.4. The molecule has 8 heteroatoms. The summed E-state index contributed by atoms with van der Waals surface area (Å²) < 4.78 is 17.9. The van der Waals surface area contributed by atoms with Gasteiger partial charge in [0, 0.05) is 5.92 Å². The molecule has 0 N–H and O–H groups in total. The Kier molecular flexibility index (Phi) is 6.40. The Morgan fingerprint density at radius 3 is 2.49 bits per heavy atom. The van der Waals surface area contributed by atoms with Crippen LogP contribution in [0.15, 0.2) is 12.1 Å². The second kappa shape index (κ2) is 8.68. The maximum Gasteiger partial charge on any atom is 0.323 e. The lowest BCUT2D eigenvalue weighted by atomic mass is 9.52. The Hall–Kier alpha value is -2.28. The lowest BCUT2D eigenvalue weighted by molar-refractivity contribution is -0.164. The van der Waals surface area contributed by atoms with Crippen molar-refractivity contribution < 1.29 is 28.3 Å². The number of carbonyl (C=O) groups is 2. The quantitative estimate of drug-likeness (QED) is 0.186. The number of esters is 1. The van der Waals surface area contributed by atoms with Crippen molar-refractivity contribution in [3.63, 3.8) is 0 Å². The van der Waals surface area contributed by atoms with Crippen molar-refractivity contribution in [2.75, 3.05) is 14.2 Å². The number of hydrogen-bond donors (Lipinski definition) is 0. The van der Waals surface area contributed by atoms with Crippen LogP contribution < -0.4 is 4.74 Å². The highest BCUT2D eigenvalue weighted by Crippen LogP contribution is 2.71. The minimum absolute atomic E-state index is 0.0410. The van der Waals surface area contributed by atoms with Crippen LogP contribution in [-0.4, -0.2) is 51.4 Å². The zero-order chi connectivity index (χ0) is 25.9. The third-order valence-electron chi connectivity index (χ3n) is 9.31. The lowest BCUT2D eigenvalue weighted by Gasteiger charge is -2.53. The second-order valence-electron chi connectivity index (χ2n) is 12.0. The van der Waals surface area contributed by atoms with E-state index >= 15 is 0 Å². The molecule has 2 fully saturated rings. The molecule has 0 bridgehead atoms. The summed E-state index contributed by atoms with van der Waals surface area (Å²) in [6.45, 7) is 13.0. The first-order valence-corrected chi connectivity index (χ1v) is 15.4. The van der Waals surface area contributed by atoms with Gasteiger partial charge in [0.15, 0.2) is 8.32 Å². The van der Waals surface area contributed by atoms with E-state index in [0.717, 1.165) is 35.1 Å². The predicted octanol–water partition coefficient (Wildman–Crippen LogP) is 4.72. The molecule has 0 heterocycles. The second-order valence-corrected chi connectivity index (χ2v) is 16.8. The number of aryl methyl sites for hydroxylation is 2. The minimum atomic E-state index is -2.25. The van der Waals surface area contributed by atoms with E-state index in [1.165, 1.54) is 7.11 Å². The Balaban J connectivity index is 1.96. The number of hydrogen-bond acceptors (Lipinski definition) is 5. The molecule has 0 amide bonds. The Morgan fingerprint density at radius 2 is 1.91 bits per heavy atom. The summed E-state index contributed by atoms with van der Waals surface area (Å²) in [6.07, 6.45) is 2.80. The average Bonchev–Trinajstić information content (AvgIpc) is 3.59. The number of nitrogens with zero attached hydrogens (tertiary/aromatic N) is 2. The molecule has 190 valence electrons. The van der Waals surface area contributed by atoms with Crippen LogP contribution in [0.5, 0.6) is 5.75 Å². The first-order chi connectivity index (χ1) is 16.3. The van der Waals surface area contributed by atoms with Gasteiger partial charge < -0.3 is 19.4 Å². The predicted molar refractivity (Wildman–Crippen MR) is 135 cm³/mol. The van der Waals surface area contributed by atoms with E-state index < -0.39 is 25.6 Å². The van der Waals surface area contributed by atoms with Gasteiger partial charge in [0.05, 0.1) is 31.7 Å². The number of ether oxygens (including phenoxy) is 2. The molecule has 0 radical (unpaired) electrons. The Labute approximate surface area is 209 Å². The molecule has 3 aliphatic rings. The highest BCUT2D eigenvalue weighted by molar-refractivity contribution is 6.74. The molecule has 0 aromatic heterocycles. The zero-order valence-electron chi connectivity index (χ0n) is 22.2. The fourth-order valence-corrected chi connectivity index (χ4v) is 7.97. The number of ketones is 1. The van der Waals surface area contributed by atoms with Crippen LogP contribution in [0.4, 0.5) is 0 Å². The summed E-state index contributed by atoms with van der Waals surface area (Å²) in [7, 11) is 0.831. The van der Waals surface area contributed by atoms with Crippen molar-refractivity contribution in [2.45, 2.75) is 77.1 Å². The Morgan fingerprint density at radius 1 is 1.23 bits per heavy atom. The fourth-order valence-electron chi connectivity index (χ4n) is 6.62. The van der Waals surface area contributed by atoms with Crippen molar-refractivity contribution in [1.82, 2.24) is 0 Å². The average molecular weight is 499 g/mol. The first kappa shape index (κ1) is 25.8. The molecule has 0 unspecified atom stereocenters. The topological polar surface area (TPSA) is 98.2 Å². The summed E-state index contributed by atoms with van der Waals surface area (Å²) >= 11 is 0. The molecule has 3 aliphatic carbocycles. The van der Waals surface area contributed by atoms with Crippen LogP contribution >= 0.6 is 0 Å². The normalized spacial score (nSPS) is 31.3. The summed E-state index contributed by atoms with van der Waals surface area (Å²) in [5.74, 6) is -0.660. The van der Waals surface area contributed by atoms with E-state index in [0.29, 0.717) is 12.8 Å². The molecular formula is C27H38N2O5Si. The van der Waals surface area contributed by atoms with Gasteiger partial charge in [-0.15, -0.1) is 0 Å². The molecule has 35 heavy (non-hydrogen) atoms. The maximum atomic E-state index is 13.7. The van der Waals surface area contributed by atoms with Crippen LogP contribution in [-0.2, 0) is 25.2 Å². The van der Waals surface area contributed by atoms with Crippen LogP contribution in [0.1, 0.15) is 56.2 Å². The molecule has 1 aromatic rings. The van der Waals surface area contributed by atoms with E-state index in [1.807, 2.05) is 19.1 Å². The highest BCUT2D eigenvalue weighted by Gasteiger charge is 2.73. The van der Waals surface area contributed by atoms with Gasteiger partial charge in [-0.25, -0.2) is 0 Å². The highest BCUT2D eigenvalue weighted by atomic mass is 28.4. The lowest BCUT2D eigenvalue weighted by Crippen LogP contribution is -2.58. The molecule has 0 spiro atoms. The third kappa shape index (κ3) is 3.90. The van der Waals surface area contributed by atoms with Crippen LogP contribution in [0.25, 0.3) is 5.53 Å². The van der Waals surface area contributed by atoms with Gasteiger partial charge in [-0.05, 0) is 85.0 Å². The van der Waals surface area contributed by atoms with Crippen LogP contribution in [0, 0.1) is 30.1 Å². The molecular weight excluding hydrogens is 460 g/mol. The molecule has 1 aromatic carbocycles. The van der Waals surface area contributed by atoms with Gasteiger partial charge in [0.2, 0.25) is 5.78 Å². The largest absolute Gasteiger partial charge is 0.497 e. The minimum Gasteiger partial charge on any atom is -0.497 e. The van der Waals surface area contributed by atoms with Gasteiger partial charge in [-0.2, -0.15) is 4.79 Å². The fraction of sp³-hybridized carbons (Fsp3) is 0.667. The first-order valence-electron chi connectivity index (χ1n) is 12.5. The van der Waals surface area contributed by atoms with Gasteiger partial charge in [-0.1, -0.05) is 20.8 Å². The van der Waals surface area contributed by atoms with E-state index in [9.17, 15) is 15.1 Å². The molecule has 6 atom stereocenters. The standard InChI is InChI=1S/C27H38N2O5Si/c1-15-11-17(32-5)12-16-9-10-27(25(31)33-6)19-13-18(19)24(34-35(7,8)26(2,3)4)22(20(30)14-29-28)23(27)21(15)16/h11-12,14,18-19,22-24H,9-10,13H2,1-8H3/t18-,19+,22+,23+,24-,27+/m1/s1. The van der Waals surface area contributed by atoms with Gasteiger partial charge in [0.25, 0.3) is 0 Å². The SMILES string of the molecule is COC(=O)[C@]12CCc3cc(OC)cc(C)c3[C@H]1[C@H](C(=O)C=[N+]=[N-])[C@H](O[Si](C)(C)C(C)(C)C)[C@@H]1C[C@@H]12. The van der Waals surface area contributed by atoms with Crippen molar-refractivity contribution in [2.24, 2.45) is 23.2 Å². The number of benzene rings is 1. The van der Waals surface area contributed by atoms with Crippen LogP contribution in [0.3, 0.4) is 0 Å². The summed E-state index contributed by atoms with van der Waals surface area (Å²) in [5.41, 5.74) is 11.6. The summed E-state index contributed by atoms with van der Waals surface area (Å²) in [5, 5.41) is -0.0410. The summed E-state index contributed by atoms with van der Waals surface area (Å²) in [6, 6.07) is 3.99. The number of fused-ring (bicyclic) bond motifs is 5. The van der Waals surface area contributed by atoms with Gasteiger partial charge in [-0.3, -0.25) is 9.59 Å². The smallest absolute Gasteiger partial charge is 0.323 e. The number of methoxy groups -OCH3 is 2. The van der Waals surface area contributed by atoms with E-state index in [1.54, 1.807) is 7.11 Å². The Bertz CT molecular complexity index is 1100. The van der Waals surface area contributed by atoms with E-state index in [-0.39, 0.29) is 34.7 Å². The van der Waals surface area contributed by atoms with E-state index in [2.05, 4.69) is 38.7 Å². The molecule has 7 nitrogen and oxygen atoms in total. The molecule has 0 saturated heterocycles. The van der Waals surface area contributed by atoms with Crippen molar-refractivity contribution in [1.29, 1.82) is 0 Å². The van der Waals surface area contributed by atoms with Crippen molar-refractivity contribution in [3.8, 4) is 5.75 Å². The number of carbonyl (C=O) groups excluding carboxylic acids is 2. The van der Waals surface area contributed by atoms with Crippen molar-refractivity contribution >= 4 is 26.3 Å². The molecule has 4 rings (SSSR count). The zero-order valence-corrected chi connectivity index (χ0v) is 23.2. The third-order valence-corrected chi connectivity index (χ3v) is 13.8. The molecule has 0 aliphatic heterocycles. The van der Waals surface area contributed by atoms with Gasteiger partial charge >= 0.3 is 12.2 Å². The van der Waals surface area contributed by atoms with Gasteiger partial charge in [0.1, 0.15) is 5.75 Å². The maximum absolute atomic E-state index is 13.7. The number of Topliss-reactive ketones (excluding diaryl/α,β-unsaturated/α-hetero) is 1. The molecule has 2 saturated carbocycles. The number of rotatable bonds is 6. The monoisotopic (exact) mass is 498 g/mol. The van der Waals surface area contributed by atoms with Crippen molar-refractivity contribution in [3.05, 3.63) is 34.4 Å². The van der Waals surface area contributed by atoms with Crippen LogP contribution in [0.2, 0.25) is 18.1 Å². The van der Waals surface area contributed by atoms with E-state index in [4.69, 9.17) is 13.9 Å².